The number of carbonyl (C=O) groups is 1. The van der Waals surface area contributed by atoms with E-state index in [0.717, 1.165) is 6.42 Å². The fourth-order valence-corrected chi connectivity index (χ4v) is 3.51. The lowest BCUT2D eigenvalue weighted by molar-refractivity contribution is 0.0505. The van der Waals surface area contributed by atoms with Gasteiger partial charge >= 0.3 is 5.97 Å². The number of anilines is 1. The minimum absolute atomic E-state index is 0.0751. The molecule has 0 amide bonds. The fourth-order valence-electron chi connectivity index (χ4n) is 2.02. The van der Waals surface area contributed by atoms with Crippen LogP contribution in [0, 0.1) is 0 Å². The van der Waals surface area contributed by atoms with E-state index in [1.807, 2.05) is 6.92 Å². The molecule has 8 heteroatoms. The molecule has 0 heterocycles. The van der Waals surface area contributed by atoms with Crippen LogP contribution in [0.2, 0.25) is 5.02 Å². The first-order valence-electron chi connectivity index (χ1n) is 7.51. The van der Waals surface area contributed by atoms with E-state index in [1.165, 1.54) is 49.6 Å². The average molecular weight is 384 g/mol. The fraction of sp³-hybridized carbons (Fsp3) is 0.235. The van der Waals surface area contributed by atoms with Crippen molar-refractivity contribution in [2.24, 2.45) is 0 Å². The summed E-state index contributed by atoms with van der Waals surface area (Å²) in [6, 6.07) is 10.3. The number of ether oxygens (including phenoxy) is 2. The summed E-state index contributed by atoms with van der Waals surface area (Å²) in [4.78, 5) is 11.7. The smallest absolute Gasteiger partial charge is 0.338 e. The maximum atomic E-state index is 12.6. The molecule has 0 radical (unpaired) electrons. The molecule has 0 aliphatic carbocycles. The molecule has 6 nitrogen and oxygen atoms in total. The van der Waals surface area contributed by atoms with E-state index in [4.69, 9.17) is 21.1 Å². The second kappa shape index (κ2) is 8.22. The lowest BCUT2D eigenvalue weighted by Crippen LogP contribution is -2.14. The zero-order chi connectivity index (χ0) is 18.4. The second-order valence-electron chi connectivity index (χ2n) is 5.11. The Morgan fingerprint density at radius 2 is 1.84 bits per heavy atom. The van der Waals surface area contributed by atoms with Crippen LogP contribution in [0.1, 0.15) is 23.7 Å². The molecular weight excluding hydrogens is 366 g/mol. The van der Waals surface area contributed by atoms with E-state index >= 15 is 0 Å². The molecule has 2 aromatic carbocycles. The minimum Gasteiger partial charge on any atom is -0.495 e. The van der Waals surface area contributed by atoms with Crippen LogP contribution in [0.25, 0.3) is 0 Å². The van der Waals surface area contributed by atoms with Gasteiger partial charge in [-0.15, -0.1) is 0 Å². The zero-order valence-electron chi connectivity index (χ0n) is 13.8. The summed E-state index contributed by atoms with van der Waals surface area (Å²) in [5, 5.41) is 0.273. The molecule has 0 aliphatic heterocycles. The van der Waals surface area contributed by atoms with Crippen molar-refractivity contribution in [1.82, 2.24) is 0 Å². The van der Waals surface area contributed by atoms with E-state index in [2.05, 4.69) is 4.72 Å². The molecule has 25 heavy (non-hydrogen) atoms. The van der Waals surface area contributed by atoms with Gasteiger partial charge in [0.25, 0.3) is 10.0 Å². The molecule has 0 fully saturated rings. The normalized spacial score (nSPS) is 11.0. The number of sulfonamides is 1. The monoisotopic (exact) mass is 383 g/mol. The van der Waals surface area contributed by atoms with Crippen LogP contribution in [0.3, 0.4) is 0 Å². The number of hydrogen-bond donors (Lipinski definition) is 1. The number of rotatable bonds is 7. The summed E-state index contributed by atoms with van der Waals surface area (Å²) in [5.41, 5.74) is 0.644. The maximum Gasteiger partial charge on any atom is 0.338 e. The van der Waals surface area contributed by atoms with Crippen LogP contribution in [0.15, 0.2) is 47.4 Å². The van der Waals surface area contributed by atoms with Crippen LogP contribution < -0.4 is 9.46 Å². The number of carbonyl (C=O) groups excluding carboxylic acids is 1. The van der Waals surface area contributed by atoms with E-state index in [9.17, 15) is 13.2 Å². The van der Waals surface area contributed by atoms with Crippen molar-refractivity contribution in [1.29, 1.82) is 0 Å². The van der Waals surface area contributed by atoms with Gasteiger partial charge in [0.05, 0.1) is 19.3 Å². The highest BCUT2D eigenvalue weighted by molar-refractivity contribution is 7.92. The minimum atomic E-state index is -3.90. The van der Waals surface area contributed by atoms with Gasteiger partial charge in [-0.05, 0) is 48.9 Å². The lowest BCUT2D eigenvalue weighted by atomic mass is 10.2. The van der Waals surface area contributed by atoms with E-state index in [1.54, 1.807) is 0 Å². The molecule has 0 unspecified atom stereocenters. The van der Waals surface area contributed by atoms with Crippen molar-refractivity contribution in [2.45, 2.75) is 18.2 Å². The molecule has 2 aromatic rings. The third kappa shape index (κ3) is 4.87. The maximum absolute atomic E-state index is 12.6. The van der Waals surface area contributed by atoms with Gasteiger partial charge in [-0.1, -0.05) is 18.5 Å². The van der Waals surface area contributed by atoms with Gasteiger partial charge in [-0.25, -0.2) is 13.2 Å². The first-order chi connectivity index (χ1) is 11.9. The molecule has 2 rings (SSSR count). The van der Waals surface area contributed by atoms with Crippen molar-refractivity contribution in [3.63, 3.8) is 0 Å². The standard InChI is InChI=1S/C17H18ClNO5S/c1-3-10-24-17(20)12-4-7-14(8-5-12)19-25(21,22)16-11-13(18)6-9-15(16)23-2/h4-9,11,19H,3,10H2,1-2H3. The van der Waals surface area contributed by atoms with Gasteiger partial charge < -0.3 is 9.47 Å². The van der Waals surface area contributed by atoms with Crippen molar-refractivity contribution in [3.8, 4) is 5.75 Å². The highest BCUT2D eigenvalue weighted by Gasteiger charge is 2.20. The first-order valence-corrected chi connectivity index (χ1v) is 9.37. The topological polar surface area (TPSA) is 81.7 Å². The molecule has 0 saturated heterocycles. The van der Waals surface area contributed by atoms with Crippen molar-refractivity contribution in [3.05, 3.63) is 53.1 Å². The highest BCUT2D eigenvalue weighted by Crippen LogP contribution is 2.28. The predicted octanol–water partition coefficient (Wildman–Crippen LogP) is 3.72. The Morgan fingerprint density at radius 1 is 1.16 bits per heavy atom. The molecule has 0 saturated carbocycles. The Labute approximate surface area is 151 Å². The average Bonchev–Trinajstić information content (AvgIpc) is 2.60. The third-order valence-corrected chi connectivity index (χ3v) is 4.86. The van der Waals surface area contributed by atoms with Crippen molar-refractivity contribution < 1.29 is 22.7 Å². The summed E-state index contributed by atoms with van der Waals surface area (Å²) in [6.45, 7) is 2.23. The Morgan fingerprint density at radius 3 is 2.44 bits per heavy atom. The quantitative estimate of drug-likeness (QED) is 0.737. The summed E-state index contributed by atoms with van der Waals surface area (Å²) in [5.74, 6) is -0.274. The van der Waals surface area contributed by atoms with Gasteiger partial charge in [-0.3, -0.25) is 4.72 Å². The number of nitrogens with one attached hydrogen (secondary N) is 1. The highest BCUT2D eigenvalue weighted by atomic mass is 35.5. The van der Waals surface area contributed by atoms with Gasteiger partial charge in [0.2, 0.25) is 0 Å². The van der Waals surface area contributed by atoms with Crippen LogP contribution in [-0.2, 0) is 14.8 Å². The Balaban J connectivity index is 2.21. The Hall–Kier alpha value is -2.25. The van der Waals surface area contributed by atoms with E-state index in [-0.39, 0.29) is 15.7 Å². The predicted molar refractivity (Wildman–Crippen MR) is 95.8 cm³/mol. The molecule has 134 valence electrons. The van der Waals surface area contributed by atoms with Gasteiger partial charge in [0, 0.05) is 10.7 Å². The number of halogens is 1. The number of esters is 1. The molecule has 0 bridgehead atoms. The zero-order valence-corrected chi connectivity index (χ0v) is 15.4. The summed E-state index contributed by atoms with van der Waals surface area (Å²) in [7, 11) is -2.53. The Kier molecular flexibility index (Phi) is 6.27. The Bertz CT molecular complexity index is 850. The lowest BCUT2D eigenvalue weighted by Gasteiger charge is -2.12. The van der Waals surface area contributed by atoms with E-state index < -0.39 is 16.0 Å². The number of methoxy groups -OCH3 is 1. The van der Waals surface area contributed by atoms with Crippen LogP contribution >= 0.6 is 11.6 Å². The molecule has 1 N–H and O–H groups in total. The summed E-state index contributed by atoms with van der Waals surface area (Å²) in [6.07, 6.45) is 0.727. The molecular formula is C17H18ClNO5S. The van der Waals surface area contributed by atoms with E-state index in [0.29, 0.717) is 17.9 Å². The number of hydrogen-bond acceptors (Lipinski definition) is 5. The van der Waals surface area contributed by atoms with Crippen LogP contribution in [0.5, 0.6) is 5.75 Å². The van der Waals surface area contributed by atoms with Gasteiger partial charge in [-0.2, -0.15) is 0 Å². The van der Waals surface area contributed by atoms with Gasteiger partial charge in [0.15, 0.2) is 0 Å². The largest absolute Gasteiger partial charge is 0.495 e. The van der Waals surface area contributed by atoms with Crippen LogP contribution in [-0.4, -0.2) is 28.1 Å². The summed E-state index contributed by atoms with van der Waals surface area (Å²) >= 11 is 5.88. The second-order valence-corrected chi connectivity index (χ2v) is 7.20. The van der Waals surface area contributed by atoms with Crippen LogP contribution in [0.4, 0.5) is 5.69 Å². The first kappa shape index (κ1) is 19.1. The SMILES string of the molecule is CCCOC(=O)c1ccc(NS(=O)(=O)c2cc(Cl)ccc2OC)cc1. The molecule has 0 aliphatic rings. The van der Waals surface area contributed by atoms with Gasteiger partial charge in [0.1, 0.15) is 10.6 Å². The molecule has 0 atom stereocenters. The number of benzene rings is 2. The molecule has 0 aromatic heterocycles. The van der Waals surface area contributed by atoms with Crippen molar-refractivity contribution in [2.75, 3.05) is 18.4 Å². The third-order valence-electron chi connectivity index (χ3n) is 3.23. The summed E-state index contributed by atoms with van der Waals surface area (Å²) < 4.78 is 37.6. The van der Waals surface area contributed by atoms with Crippen molar-refractivity contribution >= 4 is 33.3 Å². The molecule has 0 spiro atoms.